The third-order valence-corrected chi connectivity index (χ3v) is 2.68. The lowest BCUT2D eigenvalue weighted by Crippen LogP contribution is -2.29. The summed E-state index contributed by atoms with van der Waals surface area (Å²) in [4.78, 5) is 22.0. The molecule has 0 saturated heterocycles. The molecule has 0 aromatic carbocycles. The largest absolute Gasteiger partial charge is 0.476 e. The van der Waals surface area contributed by atoms with Gasteiger partial charge in [0.2, 0.25) is 5.91 Å². The molecule has 0 bridgehead atoms. The third kappa shape index (κ3) is 4.88. The second-order valence-corrected chi connectivity index (χ2v) is 4.32. The third-order valence-electron chi connectivity index (χ3n) is 1.82. The molecule has 0 saturated carbocycles. The molecule has 1 aromatic heterocycles. The molecule has 1 amide bonds. The van der Waals surface area contributed by atoms with E-state index in [2.05, 4.69) is 21.5 Å². The molecule has 96 valence electrons. The summed E-state index contributed by atoms with van der Waals surface area (Å²) in [7, 11) is 0. The monoisotopic (exact) mass is 268 g/mol. The number of aromatic nitrogens is 3. The average molecular weight is 268 g/mol. The molecule has 1 heterocycles. The predicted molar refractivity (Wildman–Crippen MR) is 66.1 cm³/mol. The van der Waals surface area contributed by atoms with Crippen molar-refractivity contribution in [2.45, 2.75) is 6.54 Å². The highest BCUT2D eigenvalue weighted by molar-refractivity contribution is 7.99. The fourth-order valence-electron chi connectivity index (χ4n) is 1.07. The smallest absolute Gasteiger partial charge is 0.358 e. The van der Waals surface area contributed by atoms with Crippen molar-refractivity contribution in [3.8, 4) is 12.3 Å². The van der Waals surface area contributed by atoms with Gasteiger partial charge < -0.3 is 10.4 Å². The van der Waals surface area contributed by atoms with Crippen LogP contribution >= 0.6 is 11.8 Å². The van der Waals surface area contributed by atoms with E-state index in [-0.39, 0.29) is 18.1 Å². The molecule has 0 aliphatic heterocycles. The number of hydrogen-bond donors (Lipinski definition) is 2. The number of carbonyl (C=O) groups is 2. The Kier molecular flexibility index (Phi) is 5.73. The van der Waals surface area contributed by atoms with Gasteiger partial charge in [0.25, 0.3) is 0 Å². The fourth-order valence-corrected chi connectivity index (χ4v) is 1.58. The van der Waals surface area contributed by atoms with Crippen molar-refractivity contribution in [2.75, 3.05) is 18.1 Å². The van der Waals surface area contributed by atoms with Gasteiger partial charge in [-0.15, -0.1) is 23.3 Å². The quantitative estimate of drug-likeness (QED) is 0.509. The van der Waals surface area contributed by atoms with Gasteiger partial charge in [0, 0.05) is 12.3 Å². The van der Waals surface area contributed by atoms with Gasteiger partial charge in [-0.3, -0.25) is 4.79 Å². The first-order valence-corrected chi connectivity index (χ1v) is 6.20. The van der Waals surface area contributed by atoms with Crippen LogP contribution in [0.25, 0.3) is 0 Å². The molecule has 2 N–H and O–H groups in total. The number of rotatable bonds is 7. The topological polar surface area (TPSA) is 97.1 Å². The normalized spacial score (nSPS) is 9.72. The Morgan fingerprint density at radius 1 is 1.61 bits per heavy atom. The van der Waals surface area contributed by atoms with E-state index >= 15 is 0 Å². The first kappa shape index (κ1) is 14.1. The van der Waals surface area contributed by atoms with E-state index in [1.54, 1.807) is 11.8 Å². The van der Waals surface area contributed by atoms with Crippen molar-refractivity contribution in [2.24, 2.45) is 0 Å². The van der Waals surface area contributed by atoms with Crippen molar-refractivity contribution in [3.63, 3.8) is 0 Å². The van der Waals surface area contributed by atoms with Gasteiger partial charge in [-0.05, 0) is 0 Å². The minimum atomic E-state index is -1.17. The number of carboxylic acid groups (broad SMARTS) is 1. The SMILES string of the molecule is C#CCSCCNC(=O)Cn1cc(C(=O)O)nn1. The van der Waals surface area contributed by atoms with Gasteiger partial charge in [0.05, 0.1) is 11.9 Å². The number of nitrogens with zero attached hydrogens (tertiary/aromatic N) is 3. The van der Waals surface area contributed by atoms with E-state index in [0.717, 1.165) is 5.75 Å². The maximum atomic E-state index is 11.4. The maximum Gasteiger partial charge on any atom is 0.358 e. The number of carboxylic acids is 1. The Balaban J connectivity index is 2.27. The zero-order chi connectivity index (χ0) is 13.4. The molecular weight excluding hydrogens is 256 g/mol. The van der Waals surface area contributed by atoms with Crippen LogP contribution < -0.4 is 5.32 Å². The van der Waals surface area contributed by atoms with Crippen LogP contribution in [0.4, 0.5) is 0 Å². The Hall–Kier alpha value is -2.01. The first-order chi connectivity index (χ1) is 8.63. The highest BCUT2D eigenvalue weighted by Crippen LogP contribution is 1.96. The lowest BCUT2D eigenvalue weighted by molar-refractivity contribution is -0.121. The summed E-state index contributed by atoms with van der Waals surface area (Å²) >= 11 is 1.55. The van der Waals surface area contributed by atoms with E-state index in [4.69, 9.17) is 11.5 Å². The van der Waals surface area contributed by atoms with Crippen molar-refractivity contribution >= 4 is 23.6 Å². The Bertz CT molecular complexity index is 466. The molecule has 0 atom stereocenters. The summed E-state index contributed by atoms with van der Waals surface area (Å²) in [6.07, 6.45) is 6.28. The molecule has 18 heavy (non-hydrogen) atoms. The number of thioether (sulfide) groups is 1. The number of aromatic carboxylic acids is 1. The second-order valence-electron chi connectivity index (χ2n) is 3.21. The number of amides is 1. The molecule has 7 nitrogen and oxygen atoms in total. The molecule has 0 aliphatic rings. The zero-order valence-corrected chi connectivity index (χ0v) is 10.3. The molecule has 1 rings (SSSR count). The summed E-state index contributed by atoms with van der Waals surface area (Å²) in [5.41, 5.74) is -0.188. The van der Waals surface area contributed by atoms with Crippen LogP contribution in [0.15, 0.2) is 6.20 Å². The predicted octanol–water partition coefficient (Wildman–Crippen LogP) is -0.541. The lowest BCUT2D eigenvalue weighted by Gasteiger charge is -2.03. The molecule has 8 heteroatoms. The van der Waals surface area contributed by atoms with Crippen LogP contribution in [0.5, 0.6) is 0 Å². The fraction of sp³-hybridized carbons (Fsp3) is 0.400. The maximum absolute atomic E-state index is 11.4. The molecule has 0 radical (unpaired) electrons. The Morgan fingerprint density at radius 3 is 3.00 bits per heavy atom. The minimum absolute atomic E-state index is 0.0555. The minimum Gasteiger partial charge on any atom is -0.476 e. The van der Waals surface area contributed by atoms with Crippen LogP contribution in [0.2, 0.25) is 0 Å². The van der Waals surface area contributed by atoms with E-state index in [1.807, 2.05) is 0 Å². The first-order valence-electron chi connectivity index (χ1n) is 5.05. The van der Waals surface area contributed by atoms with Crippen LogP contribution in [-0.2, 0) is 11.3 Å². The van der Waals surface area contributed by atoms with E-state index < -0.39 is 5.97 Å². The molecular formula is C10H12N4O3S. The summed E-state index contributed by atoms with van der Waals surface area (Å²) in [6, 6.07) is 0. The summed E-state index contributed by atoms with van der Waals surface area (Å²) in [6.45, 7) is 0.450. The average Bonchev–Trinajstić information content (AvgIpc) is 2.77. The van der Waals surface area contributed by atoms with Gasteiger partial charge in [0.1, 0.15) is 6.54 Å². The molecule has 0 fully saturated rings. The number of hydrogen-bond acceptors (Lipinski definition) is 5. The van der Waals surface area contributed by atoms with Gasteiger partial charge in [0.15, 0.2) is 5.69 Å². The van der Waals surface area contributed by atoms with Crippen LogP contribution in [0.3, 0.4) is 0 Å². The molecule has 1 aromatic rings. The highest BCUT2D eigenvalue weighted by atomic mass is 32.2. The number of nitrogens with one attached hydrogen (secondary N) is 1. The lowest BCUT2D eigenvalue weighted by atomic mass is 10.5. The van der Waals surface area contributed by atoms with Crippen molar-refractivity contribution in [3.05, 3.63) is 11.9 Å². The number of carbonyl (C=O) groups excluding carboxylic acids is 1. The van der Waals surface area contributed by atoms with Crippen LogP contribution in [-0.4, -0.2) is 50.0 Å². The van der Waals surface area contributed by atoms with E-state index in [1.165, 1.54) is 10.9 Å². The number of terminal acetylenes is 1. The Morgan fingerprint density at radius 2 is 2.39 bits per heavy atom. The molecule has 0 spiro atoms. The highest BCUT2D eigenvalue weighted by Gasteiger charge is 2.10. The van der Waals surface area contributed by atoms with Gasteiger partial charge >= 0.3 is 5.97 Å². The van der Waals surface area contributed by atoms with Gasteiger partial charge in [-0.25, -0.2) is 9.48 Å². The van der Waals surface area contributed by atoms with Crippen molar-refractivity contribution in [1.82, 2.24) is 20.3 Å². The zero-order valence-electron chi connectivity index (χ0n) is 9.50. The molecule has 0 aliphatic carbocycles. The van der Waals surface area contributed by atoms with Crippen LogP contribution in [0.1, 0.15) is 10.5 Å². The van der Waals surface area contributed by atoms with Crippen molar-refractivity contribution in [1.29, 1.82) is 0 Å². The summed E-state index contributed by atoms with van der Waals surface area (Å²) in [5.74, 6) is 2.40. The Labute approximate surface area is 108 Å². The van der Waals surface area contributed by atoms with Crippen molar-refractivity contribution < 1.29 is 14.7 Å². The van der Waals surface area contributed by atoms with Gasteiger partial charge in [-0.1, -0.05) is 11.1 Å². The summed E-state index contributed by atoms with van der Waals surface area (Å²) < 4.78 is 1.17. The van der Waals surface area contributed by atoms with Crippen LogP contribution in [0, 0.1) is 12.3 Å². The standard InChI is InChI=1S/C10H12N4O3S/c1-2-4-18-5-3-11-9(15)7-14-6-8(10(16)17)12-13-14/h1,6H,3-5,7H2,(H,11,15)(H,16,17). The second kappa shape index (κ2) is 7.34. The van der Waals surface area contributed by atoms with E-state index in [9.17, 15) is 9.59 Å². The molecule has 0 unspecified atom stereocenters. The van der Waals surface area contributed by atoms with E-state index in [0.29, 0.717) is 12.3 Å². The summed E-state index contributed by atoms with van der Waals surface area (Å²) in [5, 5.41) is 18.2. The van der Waals surface area contributed by atoms with Gasteiger partial charge in [-0.2, -0.15) is 0 Å².